The second-order valence-corrected chi connectivity index (χ2v) is 7.42. The SMILES string of the molecule is O=C(O)CCC1CCCN(C(=O)CC2CC3CCC2C3)C1. The molecule has 1 N–H and O–H groups in total. The highest BCUT2D eigenvalue weighted by Gasteiger charge is 2.40. The van der Waals surface area contributed by atoms with Crippen molar-refractivity contribution in [1.82, 2.24) is 4.90 Å². The van der Waals surface area contributed by atoms with Crippen molar-refractivity contribution in [2.75, 3.05) is 13.1 Å². The molecule has 4 atom stereocenters. The Morgan fingerprint density at radius 2 is 2.00 bits per heavy atom. The van der Waals surface area contributed by atoms with Crippen LogP contribution >= 0.6 is 0 Å². The average Bonchev–Trinajstić information content (AvgIpc) is 3.08. The number of carboxylic acids is 1. The maximum Gasteiger partial charge on any atom is 0.303 e. The van der Waals surface area contributed by atoms with E-state index in [1.807, 2.05) is 4.90 Å². The molecular formula is C17H27NO3. The fourth-order valence-corrected chi connectivity index (χ4v) is 4.83. The molecule has 0 aromatic rings. The molecule has 3 fully saturated rings. The molecular weight excluding hydrogens is 266 g/mol. The van der Waals surface area contributed by atoms with E-state index in [0.717, 1.165) is 44.2 Å². The molecule has 3 aliphatic rings. The van der Waals surface area contributed by atoms with Crippen LogP contribution in [0, 0.1) is 23.7 Å². The first-order chi connectivity index (χ1) is 10.1. The third kappa shape index (κ3) is 3.58. The van der Waals surface area contributed by atoms with Gasteiger partial charge in [0, 0.05) is 25.9 Å². The van der Waals surface area contributed by atoms with Gasteiger partial charge in [-0.15, -0.1) is 0 Å². The van der Waals surface area contributed by atoms with Gasteiger partial charge in [-0.2, -0.15) is 0 Å². The Hall–Kier alpha value is -1.06. The van der Waals surface area contributed by atoms with Crippen LogP contribution in [0.1, 0.15) is 57.8 Å². The number of nitrogens with zero attached hydrogens (tertiary/aromatic N) is 1. The summed E-state index contributed by atoms with van der Waals surface area (Å²) in [4.78, 5) is 25.2. The van der Waals surface area contributed by atoms with Crippen LogP contribution in [0.3, 0.4) is 0 Å². The van der Waals surface area contributed by atoms with Crippen molar-refractivity contribution < 1.29 is 14.7 Å². The molecule has 2 saturated carbocycles. The number of hydrogen-bond donors (Lipinski definition) is 1. The van der Waals surface area contributed by atoms with Crippen LogP contribution in [0.25, 0.3) is 0 Å². The molecule has 0 spiro atoms. The van der Waals surface area contributed by atoms with E-state index in [2.05, 4.69) is 0 Å². The highest BCUT2D eigenvalue weighted by molar-refractivity contribution is 5.76. The van der Waals surface area contributed by atoms with Crippen LogP contribution in [0.2, 0.25) is 0 Å². The molecule has 2 bridgehead atoms. The van der Waals surface area contributed by atoms with E-state index in [-0.39, 0.29) is 6.42 Å². The number of piperidine rings is 1. The normalized spacial score (nSPS) is 35.1. The maximum absolute atomic E-state index is 12.5. The Kier molecular flexibility index (Phi) is 4.51. The van der Waals surface area contributed by atoms with Crippen LogP contribution in [0.15, 0.2) is 0 Å². The summed E-state index contributed by atoms with van der Waals surface area (Å²) < 4.78 is 0. The lowest BCUT2D eigenvalue weighted by Crippen LogP contribution is -2.41. The molecule has 0 radical (unpaired) electrons. The van der Waals surface area contributed by atoms with Gasteiger partial charge in [-0.3, -0.25) is 9.59 Å². The Balaban J connectivity index is 1.46. The molecule has 118 valence electrons. The number of hydrogen-bond acceptors (Lipinski definition) is 2. The minimum Gasteiger partial charge on any atom is -0.481 e. The molecule has 1 amide bonds. The standard InChI is InChI=1S/C17H27NO3/c19-16(10-15-9-13-3-5-14(15)8-13)18-7-1-2-12(11-18)4-6-17(20)21/h12-15H,1-11H2,(H,20,21). The van der Waals surface area contributed by atoms with Crippen LogP contribution in [-0.2, 0) is 9.59 Å². The van der Waals surface area contributed by atoms with Crippen molar-refractivity contribution in [3.8, 4) is 0 Å². The van der Waals surface area contributed by atoms with Crippen molar-refractivity contribution in [2.24, 2.45) is 23.7 Å². The molecule has 2 aliphatic carbocycles. The van der Waals surface area contributed by atoms with Gasteiger partial charge in [0.15, 0.2) is 0 Å². The summed E-state index contributed by atoms with van der Waals surface area (Å²) in [6.45, 7) is 1.66. The molecule has 1 heterocycles. The lowest BCUT2D eigenvalue weighted by molar-refractivity contribution is -0.137. The van der Waals surface area contributed by atoms with Crippen molar-refractivity contribution in [2.45, 2.75) is 57.8 Å². The summed E-state index contributed by atoms with van der Waals surface area (Å²) in [5, 5.41) is 8.79. The zero-order chi connectivity index (χ0) is 14.8. The fourth-order valence-electron chi connectivity index (χ4n) is 4.83. The molecule has 4 unspecified atom stereocenters. The van der Waals surface area contributed by atoms with Gasteiger partial charge in [0.2, 0.25) is 5.91 Å². The number of aliphatic carboxylic acids is 1. The van der Waals surface area contributed by atoms with Crippen molar-refractivity contribution in [3.05, 3.63) is 0 Å². The second-order valence-electron chi connectivity index (χ2n) is 7.42. The number of rotatable bonds is 5. The largest absolute Gasteiger partial charge is 0.481 e. The van der Waals surface area contributed by atoms with Gasteiger partial charge in [-0.25, -0.2) is 0 Å². The van der Waals surface area contributed by atoms with Crippen molar-refractivity contribution in [1.29, 1.82) is 0 Å². The minimum atomic E-state index is -0.722. The highest BCUT2D eigenvalue weighted by atomic mass is 16.4. The van der Waals surface area contributed by atoms with Gasteiger partial charge in [0.25, 0.3) is 0 Å². The molecule has 1 aliphatic heterocycles. The quantitative estimate of drug-likeness (QED) is 0.848. The van der Waals surface area contributed by atoms with E-state index in [4.69, 9.17) is 5.11 Å². The summed E-state index contributed by atoms with van der Waals surface area (Å²) in [7, 11) is 0. The number of carboxylic acid groups (broad SMARTS) is 1. The van der Waals surface area contributed by atoms with E-state index >= 15 is 0 Å². The molecule has 0 aromatic carbocycles. The van der Waals surface area contributed by atoms with E-state index in [0.29, 0.717) is 24.2 Å². The first-order valence-corrected chi connectivity index (χ1v) is 8.61. The van der Waals surface area contributed by atoms with E-state index in [9.17, 15) is 9.59 Å². The number of fused-ring (bicyclic) bond motifs is 2. The van der Waals surface area contributed by atoms with E-state index in [1.54, 1.807) is 0 Å². The molecule has 0 aromatic heterocycles. The van der Waals surface area contributed by atoms with Gasteiger partial charge in [-0.1, -0.05) is 6.42 Å². The second kappa shape index (κ2) is 6.37. The number of likely N-dealkylation sites (tertiary alicyclic amines) is 1. The molecule has 4 heteroatoms. The van der Waals surface area contributed by atoms with Crippen LogP contribution in [0.4, 0.5) is 0 Å². The summed E-state index contributed by atoms with van der Waals surface area (Å²) in [6.07, 6.45) is 9.16. The third-order valence-electron chi connectivity index (χ3n) is 5.96. The number of carbonyl (C=O) groups is 2. The maximum atomic E-state index is 12.5. The summed E-state index contributed by atoms with van der Waals surface area (Å²) in [5.74, 6) is 2.34. The zero-order valence-electron chi connectivity index (χ0n) is 12.8. The highest BCUT2D eigenvalue weighted by Crippen LogP contribution is 2.49. The van der Waals surface area contributed by atoms with Crippen LogP contribution < -0.4 is 0 Å². The fraction of sp³-hybridized carbons (Fsp3) is 0.882. The van der Waals surface area contributed by atoms with Crippen LogP contribution in [0.5, 0.6) is 0 Å². The van der Waals surface area contributed by atoms with Crippen molar-refractivity contribution in [3.63, 3.8) is 0 Å². The Morgan fingerprint density at radius 1 is 1.14 bits per heavy atom. The Bertz CT molecular complexity index is 409. The molecule has 1 saturated heterocycles. The molecule has 21 heavy (non-hydrogen) atoms. The summed E-state index contributed by atoms with van der Waals surface area (Å²) >= 11 is 0. The lowest BCUT2D eigenvalue weighted by Gasteiger charge is -2.34. The Morgan fingerprint density at radius 3 is 2.67 bits per heavy atom. The van der Waals surface area contributed by atoms with E-state index in [1.165, 1.54) is 25.7 Å². The predicted octanol–water partition coefficient (Wildman–Crippen LogP) is 2.92. The third-order valence-corrected chi connectivity index (χ3v) is 5.96. The predicted molar refractivity (Wildman–Crippen MR) is 79.7 cm³/mol. The smallest absolute Gasteiger partial charge is 0.303 e. The average molecular weight is 293 g/mol. The summed E-state index contributed by atoms with van der Waals surface area (Å²) in [6, 6.07) is 0. The molecule has 3 rings (SSSR count). The van der Waals surface area contributed by atoms with Gasteiger partial charge in [0.05, 0.1) is 0 Å². The zero-order valence-corrected chi connectivity index (χ0v) is 12.8. The van der Waals surface area contributed by atoms with Crippen LogP contribution in [-0.4, -0.2) is 35.0 Å². The van der Waals surface area contributed by atoms with Gasteiger partial charge < -0.3 is 10.0 Å². The Labute approximate surface area is 126 Å². The minimum absolute atomic E-state index is 0.235. The number of carbonyl (C=O) groups excluding carboxylic acids is 1. The van der Waals surface area contributed by atoms with E-state index < -0.39 is 5.97 Å². The first kappa shape index (κ1) is 14.9. The monoisotopic (exact) mass is 293 g/mol. The molecule has 4 nitrogen and oxygen atoms in total. The number of amides is 1. The first-order valence-electron chi connectivity index (χ1n) is 8.61. The van der Waals surface area contributed by atoms with Gasteiger partial charge in [0.1, 0.15) is 0 Å². The van der Waals surface area contributed by atoms with Gasteiger partial charge in [-0.05, 0) is 62.2 Å². The topological polar surface area (TPSA) is 57.6 Å². The summed E-state index contributed by atoms with van der Waals surface area (Å²) in [5.41, 5.74) is 0. The lowest BCUT2D eigenvalue weighted by atomic mass is 9.85. The van der Waals surface area contributed by atoms with Gasteiger partial charge >= 0.3 is 5.97 Å². The van der Waals surface area contributed by atoms with Crippen molar-refractivity contribution >= 4 is 11.9 Å².